The highest BCUT2D eigenvalue weighted by molar-refractivity contribution is 7.13. The van der Waals surface area contributed by atoms with Gasteiger partial charge in [0.05, 0.1) is 0 Å². The number of rotatable bonds is 7. The SMILES string of the molecule is Cc1csc(-c2ccc(OCC(=O)Nc3c(C(C)C)cccc3C(C)C)cc2)n1. The Morgan fingerprint density at radius 3 is 2.17 bits per heavy atom. The molecule has 3 rings (SSSR count). The minimum absolute atomic E-state index is 0.0281. The van der Waals surface area contributed by atoms with Crippen molar-refractivity contribution in [1.82, 2.24) is 4.98 Å². The van der Waals surface area contributed by atoms with Gasteiger partial charge in [0.1, 0.15) is 10.8 Å². The van der Waals surface area contributed by atoms with E-state index in [1.807, 2.05) is 36.6 Å². The van der Waals surface area contributed by atoms with Crippen molar-refractivity contribution in [1.29, 1.82) is 0 Å². The maximum atomic E-state index is 12.6. The van der Waals surface area contributed by atoms with Crippen LogP contribution in [0.1, 0.15) is 56.4 Å². The lowest BCUT2D eigenvalue weighted by molar-refractivity contribution is -0.118. The first-order valence-corrected chi connectivity index (χ1v) is 10.8. The fraction of sp³-hybridized carbons (Fsp3) is 0.333. The highest BCUT2D eigenvalue weighted by Gasteiger charge is 2.16. The molecule has 152 valence electrons. The van der Waals surface area contributed by atoms with E-state index in [0.29, 0.717) is 17.6 Å². The van der Waals surface area contributed by atoms with E-state index in [1.165, 1.54) is 0 Å². The third-order valence-electron chi connectivity index (χ3n) is 4.73. The Morgan fingerprint density at radius 2 is 1.66 bits per heavy atom. The second-order valence-corrected chi connectivity index (χ2v) is 8.63. The number of carbonyl (C=O) groups is 1. The van der Waals surface area contributed by atoms with Crippen molar-refractivity contribution in [2.24, 2.45) is 0 Å². The van der Waals surface area contributed by atoms with Gasteiger partial charge in [0.15, 0.2) is 6.61 Å². The Balaban J connectivity index is 1.66. The lowest BCUT2D eigenvalue weighted by Gasteiger charge is -2.20. The summed E-state index contributed by atoms with van der Waals surface area (Å²) in [4.78, 5) is 17.1. The molecule has 4 nitrogen and oxygen atoms in total. The average molecular weight is 409 g/mol. The first-order valence-electron chi connectivity index (χ1n) is 9.93. The van der Waals surface area contributed by atoms with Crippen LogP contribution < -0.4 is 10.1 Å². The van der Waals surface area contributed by atoms with Crippen LogP contribution in [0.3, 0.4) is 0 Å². The Labute approximate surface area is 177 Å². The van der Waals surface area contributed by atoms with Gasteiger partial charge >= 0.3 is 0 Å². The van der Waals surface area contributed by atoms with Gasteiger partial charge in [0.2, 0.25) is 0 Å². The van der Waals surface area contributed by atoms with Gasteiger partial charge in [-0.2, -0.15) is 0 Å². The molecule has 0 saturated heterocycles. The van der Waals surface area contributed by atoms with E-state index in [0.717, 1.165) is 33.1 Å². The summed E-state index contributed by atoms with van der Waals surface area (Å²) in [5.41, 5.74) is 5.28. The zero-order valence-corrected chi connectivity index (χ0v) is 18.5. The Kier molecular flexibility index (Phi) is 6.70. The van der Waals surface area contributed by atoms with Crippen LogP contribution in [-0.4, -0.2) is 17.5 Å². The summed E-state index contributed by atoms with van der Waals surface area (Å²) in [6.07, 6.45) is 0. The molecule has 0 aliphatic heterocycles. The number of aromatic nitrogens is 1. The molecule has 29 heavy (non-hydrogen) atoms. The Bertz CT molecular complexity index is 949. The largest absolute Gasteiger partial charge is 0.484 e. The quantitative estimate of drug-likeness (QED) is 0.493. The summed E-state index contributed by atoms with van der Waals surface area (Å²) in [5.74, 6) is 1.16. The van der Waals surface area contributed by atoms with Gasteiger partial charge in [-0.1, -0.05) is 45.9 Å². The van der Waals surface area contributed by atoms with Crippen LogP contribution in [0.5, 0.6) is 5.75 Å². The van der Waals surface area contributed by atoms with Crippen molar-refractivity contribution >= 4 is 22.9 Å². The van der Waals surface area contributed by atoms with Gasteiger partial charge in [-0.3, -0.25) is 4.79 Å². The molecular formula is C24H28N2O2S. The highest BCUT2D eigenvalue weighted by atomic mass is 32.1. The number of nitrogens with one attached hydrogen (secondary N) is 1. The molecular weight excluding hydrogens is 380 g/mol. The van der Waals surface area contributed by atoms with Crippen LogP contribution in [0.25, 0.3) is 10.6 Å². The van der Waals surface area contributed by atoms with Gasteiger partial charge in [0.25, 0.3) is 5.91 Å². The molecule has 1 heterocycles. The van der Waals surface area contributed by atoms with E-state index < -0.39 is 0 Å². The predicted molar refractivity (Wildman–Crippen MR) is 121 cm³/mol. The number of carbonyl (C=O) groups excluding carboxylic acids is 1. The first kappa shape index (κ1) is 21.1. The molecule has 0 aliphatic carbocycles. The zero-order valence-electron chi connectivity index (χ0n) is 17.7. The molecule has 0 unspecified atom stereocenters. The van der Waals surface area contributed by atoms with E-state index in [9.17, 15) is 4.79 Å². The van der Waals surface area contributed by atoms with Gasteiger partial charge in [-0.25, -0.2) is 4.98 Å². The second-order valence-electron chi connectivity index (χ2n) is 7.78. The van der Waals surface area contributed by atoms with Gasteiger partial charge in [-0.05, 0) is 54.2 Å². The van der Waals surface area contributed by atoms with E-state index in [4.69, 9.17) is 4.74 Å². The molecule has 0 spiro atoms. The van der Waals surface area contributed by atoms with Crippen LogP contribution in [0.15, 0.2) is 47.8 Å². The lowest BCUT2D eigenvalue weighted by atomic mass is 9.92. The monoisotopic (exact) mass is 408 g/mol. The van der Waals surface area contributed by atoms with Crippen LogP contribution in [0, 0.1) is 6.92 Å². The molecule has 2 aromatic carbocycles. The van der Waals surface area contributed by atoms with Crippen molar-refractivity contribution in [3.63, 3.8) is 0 Å². The average Bonchev–Trinajstić information content (AvgIpc) is 3.13. The summed E-state index contributed by atoms with van der Waals surface area (Å²) in [5, 5.41) is 6.10. The van der Waals surface area contributed by atoms with E-state index in [1.54, 1.807) is 11.3 Å². The number of para-hydroxylation sites is 1. The van der Waals surface area contributed by atoms with Crippen molar-refractivity contribution < 1.29 is 9.53 Å². The van der Waals surface area contributed by atoms with Crippen LogP contribution >= 0.6 is 11.3 Å². The number of benzene rings is 2. The topological polar surface area (TPSA) is 51.2 Å². The summed E-state index contributed by atoms with van der Waals surface area (Å²) < 4.78 is 5.71. The zero-order chi connectivity index (χ0) is 21.0. The molecule has 1 N–H and O–H groups in total. The number of anilines is 1. The van der Waals surface area contributed by atoms with Crippen molar-refractivity contribution in [3.8, 4) is 16.3 Å². The predicted octanol–water partition coefficient (Wildman–Crippen LogP) is 6.38. The third-order valence-corrected chi connectivity index (χ3v) is 5.74. The third kappa shape index (κ3) is 5.24. The normalized spacial score (nSPS) is 11.1. The highest BCUT2D eigenvalue weighted by Crippen LogP contribution is 2.32. The fourth-order valence-corrected chi connectivity index (χ4v) is 4.00. The van der Waals surface area contributed by atoms with Crippen molar-refractivity contribution in [3.05, 3.63) is 64.7 Å². The molecule has 0 aliphatic rings. The Hall–Kier alpha value is -2.66. The molecule has 5 heteroatoms. The van der Waals surface area contributed by atoms with E-state index in [2.05, 4.69) is 56.2 Å². The second kappa shape index (κ2) is 9.23. The maximum absolute atomic E-state index is 12.6. The van der Waals surface area contributed by atoms with Crippen molar-refractivity contribution in [2.45, 2.75) is 46.5 Å². The number of hydrogen-bond acceptors (Lipinski definition) is 4. The molecule has 0 radical (unpaired) electrons. The van der Waals surface area contributed by atoms with Crippen LogP contribution in [0.4, 0.5) is 5.69 Å². The van der Waals surface area contributed by atoms with Crippen LogP contribution in [-0.2, 0) is 4.79 Å². The minimum Gasteiger partial charge on any atom is -0.484 e. The number of nitrogens with zero attached hydrogens (tertiary/aromatic N) is 1. The van der Waals surface area contributed by atoms with E-state index in [-0.39, 0.29) is 12.5 Å². The van der Waals surface area contributed by atoms with Crippen molar-refractivity contribution in [2.75, 3.05) is 11.9 Å². The number of thiazole rings is 1. The van der Waals surface area contributed by atoms with Gasteiger partial charge < -0.3 is 10.1 Å². The molecule has 1 amide bonds. The molecule has 0 fully saturated rings. The summed E-state index contributed by atoms with van der Waals surface area (Å²) >= 11 is 1.62. The van der Waals surface area contributed by atoms with Gasteiger partial charge in [0, 0.05) is 22.3 Å². The van der Waals surface area contributed by atoms with Gasteiger partial charge in [-0.15, -0.1) is 11.3 Å². The van der Waals surface area contributed by atoms with E-state index >= 15 is 0 Å². The smallest absolute Gasteiger partial charge is 0.262 e. The lowest BCUT2D eigenvalue weighted by Crippen LogP contribution is -2.22. The first-order chi connectivity index (χ1) is 13.8. The standard InChI is InChI=1S/C24H28N2O2S/c1-15(2)20-7-6-8-21(16(3)4)23(20)26-22(27)13-28-19-11-9-18(10-12-19)24-25-17(5)14-29-24/h6-12,14-16H,13H2,1-5H3,(H,26,27). The van der Waals surface area contributed by atoms with Crippen LogP contribution in [0.2, 0.25) is 0 Å². The summed E-state index contributed by atoms with van der Waals surface area (Å²) in [6, 6.07) is 13.9. The molecule has 1 aromatic heterocycles. The fourth-order valence-electron chi connectivity index (χ4n) is 3.20. The Morgan fingerprint density at radius 1 is 1.03 bits per heavy atom. The number of amides is 1. The number of aryl methyl sites for hydroxylation is 1. The summed E-state index contributed by atoms with van der Waals surface area (Å²) in [6.45, 7) is 10.5. The number of hydrogen-bond donors (Lipinski definition) is 1. The molecule has 3 aromatic rings. The number of ether oxygens (including phenoxy) is 1. The maximum Gasteiger partial charge on any atom is 0.262 e. The molecule has 0 atom stereocenters. The summed E-state index contributed by atoms with van der Waals surface area (Å²) in [7, 11) is 0. The molecule has 0 saturated carbocycles. The molecule has 0 bridgehead atoms. The minimum atomic E-state index is -0.153.